The number of quaternary nitrogens is 1. The van der Waals surface area contributed by atoms with E-state index in [0.717, 1.165) is 6.54 Å². The van der Waals surface area contributed by atoms with Crippen LogP contribution in [-0.4, -0.2) is 39.7 Å². The summed E-state index contributed by atoms with van der Waals surface area (Å²) in [5.41, 5.74) is 0.616. The van der Waals surface area contributed by atoms with E-state index >= 15 is 0 Å². The zero-order valence-electron chi connectivity index (χ0n) is 11.0. The average Bonchev–Trinajstić information content (AvgIpc) is 2.36. The lowest BCUT2D eigenvalue weighted by Gasteiger charge is -2.09. The van der Waals surface area contributed by atoms with Gasteiger partial charge in [-0.3, -0.25) is 4.79 Å². The molecule has 0 atom stereocenters. The van der Waals surface area contributed by atoms with E-state index in [1.807, 2.05) is 12.1 Å². The SMILES string of the molecule is C=CCOc1cccc(C(=O)NCC[NH+](C)C)c1. The maximum Gasteiger partial charge on any atom is 0.251 e. The first-order valence-electron chi connectivity index (χ1n) is 6.04. The second kappa shape index (κ2) is 7.50. The molecular formula is C14H21N2O2+. The Kier molecular flexibility index (Phi) is 5.94. The van der Waals surface area contributed by atoms with Gasteiger partial charge in [0.25, 0.3) is 5.91 Å². The molecule has 0 aromatic heterocycles. The van der Waals surface area contributed by atoms with E-state index in [0.29, 0.717) is 24.5 Å². The van der Waals surface area contributed by atoms with E-state index in [1.54, 1.807) is 18.2 Å². The van der Waals surface area contributed by atoms with Gasteiger partial charge in [0, 0.05) is 5.56 Å². The Morgan fingerprint density at radius 3 is 2.94 bits per heavy atom. The van der Waals surface area contributed by atoms with Crippen molar-refractivity contribution >= 4 is 5.91 Å². The van der Waals surface area contributed by atoms with Gasteiger partial charge in [-0.15, -0.1) is 0 Å². The van der Waals surface area contributed by atoms with Crippen LogP contribution in [0.1, 0.15) is 10.4 Å². The molecule has 0 heterocycles. The quantitative estimate of drug-likeness (QED) is 0.674. The molecule has 98 valence electrons. The molecule has 0 bridgehead atoms. The third kappa shape index (κ3) is 5.01. The second-order valence-electron chi connectivity index (χ2n) is 4.34. The monoisotopic (exact) mass is 249 g/mol. The summed E-state index contributed by atoms with van der Waals surface area (Å²) in [6, 6.07) is 7.15. The maximum absolute atomic E-state index is 11.9. The van der Waals surface area contributed by atoms with Crippen LogP contribution in [0.3, 0.4) is 0 Å². The van der Waals surface area contributed by atoms with Gasteiger partial charge in [0.05, 0.1) is 27.2 Å². The third-order valence-electron chi connectivity index (χ3n) is 2.37. The normalized spacial score (nSPS) is 10.2. The fourth-order valence-corrected chi connectivity index (χ4v) is 1.41. The second-order valence-corrected chi connectivity index (χ2v) is 4.34. The largest absolute Gasteiger partial charge is 0.490 e. The van der Waals surface area contributed by atoms with E-state index in [-0.39, 0.29) is 5.91 Å². The van der Waals surface area contributed by atoms with Crippen LogP contribution in [0, 0.1) is 0 Å². The van der Waals surface area contributed by atoms with Gasteiger partial charge in [-0.1, -0.05) is 18.7 Å². The maximum atomic E-state index is 11.9. The van der Waals surface area contributed by atoms with E-state index < -0.39 is 0 Å². The smallest absolute Gasteiger partial charge is 0.251 e. The molecule has 18 heavy (non-hydrogen) atoms. The van der Waals surface area contributed by atoms with Gasteiger partial charge in [0.2, 0.25) is 0 Å². The summed E-state index contributed by atoms with van der Waals surface area (Å²) < 4.78 is 5.39. The standard InChI is InChI=1S/C14H20N2O2/c1-4-10-18-13-7-5-6-12(11-13)14(17)15-8-9-16(2)3/h4-7,11H,1,8-10H2,2-3H3,(H,15,17)/p+1. The molecule has 0 radical (unpaired) electrons. The molecule has 0 aliphatic carbocycles. The first-order chi connectivity index (χ1) is 8.63. The summed E-state index contributed by atoms with van der Waals surface area (Å²) >= 11 is 0. The van der Waals surface area contributed by atoms with Crippen molar-refractivity contribution in [3.05, 3.63) is 42.5 Å². The summed E-state index contributed by atoms with van der Waals surface area (Å²) in [4.78, 5) is 13.2. The van der Waals surface area contributed by atoms with Crippen molar-refractivity contribution in [1.29, 1.82) is 0 Å². The Balaban J connectivity index is 2.54. The Bertz CT molecular complexity index is 403. The number of hydrogen-bond acceptors (Lipinski definition) is 2. The van der Waals surface area contributed by atoms with E-state index in [1.165, 1.54) is 4.90 Å². The fourth-order valence-electron chi connectivity index (χ4n) is 1.41. The number of likely N-dealkylation sites (N-methyl/N-ethyl adjacent to an activating group) is 1. The number of carbonyl (C=O) groups is 1. The fraction of sp³-hybridized carbons (Fsp3) is 0.357. The van der Waals surface area contributed by atoms with Crippen LogP contribution in [0.15, 0.2) is 36.9 Å². The molecule has 0 aliphatic heterocycles. The average molecular weight is 249 g/mol. The van der Waals surface area contributed by atoms with Crippen molar-refractivity contribution in [3.63, 3.8) is 0 Å². The number of ether oxygens (including phenoxy) is 1. The summed E-state index contributed by atoms with van der Waals surface area (Å²) in [6.45, 7) is 5.59. The van der Waals surface area contributed by atoms with Crippen molar-refractivity contribution in [1.82, 2.24) is 5.32 Å². The number of amides is 1. The lowest BCUT2D eigenvalue weighted by molar-refractivity contribution is -0.856. The van der Waals surface area contributed by atoms with Crippen LogP contribution >= 0.6 is 0 Å². The van der Waals surface area contributed by atoms with Gasteiger partial charge in [-0.2, -0.15) is 0 Å². The predicted molar refractivity (Wildman–Crippen MR) is 72.1 cm³/mol. The van der Waals surface area contributed by atoms with Crippen LogP contribution in [0.5, 0.6) is 5.75 Å². The van der Waals surface area contributed by atoms with Crippen molar-refractivity contribution in [2.75, 3.05) is 33.8 Å². The van der Waals surface area contributed by atoms with Gasteiger partial charge in [0.1, 0.15) is 12.4 Å². The third-order valence-corrected chi connectivity index (χ3v) is 2.37. The molecule has 0 fully saturated rings. The van der Waals surface area contributed by atoms with Crippen molar-refractivity contribution in [2.24, 2.45) is 0 Å². The number of benzene rings is 1. The summed E-state index contributed by atoms with van der Waals surface area (Å²) in [5, 5.41) is 2.88. The van der Waals surface area contributed by atoms with Crippen molar-refractivity contribution < 1.29 is 14.4 Å². The zero-order chi connectivity index (χ0) is 13.4. The molecule has 1 amide bonds. The molecule has 0 aliphatic rings. The van der Waals surface area contributed by atoms with E-state index in [9.17, 15) is 4.79 Å². The Hall–Kier alpha value is -1.81. The zero-order valence-corrected chi connectivity index (χ0v) is 11.0. The Labute approximate surface area is 108 Å². The number of hydrogen-bond donors (Lipinski definition) is 2. The predicted octanol–water partition coefficient (Wildman–Crippen LogP) is 0.126. The van der Waals surface area contributed by atoms with E-state index in [4.69, 9.17) is 4.74 Å². The lowest BCUT2D eigenvalue weighted by Crippen LogP contribution is -3.06. The summed E-state index contributed by atoms with van der Waals surface area (Å²) in [7, 11) is 4.10. The Morgan fingerprint density at radius 1 is 1.50 bits per heavy atom. The van der Waals surface area contributed by atoms with Gasteiger partial charge in [0.15, 0.2) is 0 Å². The summed E-state index contributed by atoms with van der Waals surface area (Å²) in [5.74, 6) is 0.612. The minimum Gasteiger partial charge on any atom is -0.490 e. The van der Waals surface area contributed by atoms with Crippen LogP contribution in [0.2, 0.25) is 0 Å². The molecule has 1 rings (SSSR count). The number of rotatable bonds is 7. The van der Waals surface area contributed by atoms with Crippen LogP contribution < -0.4 is 15.0 Å². The highest BCUT2D eigenvalue weighted by atomic mass is 16.5. The van der Waals surface area contributed by atoms with Crippen molar-refractivity contribution in [2.45, 2.75) is 0 Å². The first kappa shape index (κ1) is 14.3. The molecule has 4 nitrogen and oxygen atoms in total. The lowest BCUT2D eigenvalue weighted by atomic mass is 10.2. The van der Waals surface area contributed by atoms with Gasteiger partial charge in [-0.25, -0.2) is 0 Å². The van der Waals surface area contributed by atoms with Gasteiger partial charge in [-0.05, 0) is 18.2 Å². The number of carbonyl (C=O) groups excluding carboxylic acids is 1. The highest BCUT2D eigenvalue weighted by molar-refractivity contribution is 5.94. The summed E-state index contributed by atoms with van der Waals surface area (Å²) in [6.07, 6.45) is 1.67. The van der Waals surface area contributed by atoms with Crippen LogP contribution in [0.25, 0.3) is 0 Å². The molecule has 0 saturated heterocycles. The highest BCUT2D eigenvalue weighted by Crippen LogP contribution is 2.13. The molecule has 0 unspecified atom stereocenters. The molecule has 0 saturated carbocycles. The molecule has 4 heteroatoms. The number of nitrogens with one attached hydrogen (secondary N) is 2. The molecule has 0 spiro atoms. The van der Waals surface area contributed by atoms with Crippen LogP contribution in [0.4, 0.5) is 0 Å². The molecule has 2 N–H and O–H groups in total. The molecule has 1 aromatic rings. The van der Waals surface area contributed by atoms with E-state index in [2.05, 4.69) is 26.0 Å². The first-order valence-corrected chi connectivity index (χ1v) is 6.04. The Morgan fingerprint density at radius 2 is 2.28 bits per heavy atom. The van der Waals surface area contributed by atoms with Crippen molar-refractivity contribution in [3.8, 4) is 5.75 Å². The van der Waals surface area contributed by atoms with Gasteiger partial charge < -0.3 is 15.0 Å². The topological polar surface area (TPSA) is 42.8 Å². The highest BCUT2D eigenvalue weighted by Gasteiger charge is 2.06. The molecule has 1 aromatic carbocycles. The van der Waals surface area contributed by atoms with Gasteiger partial charge >= 0.3 is 0 Å². The molecular weight excluding hydrogens is 228 g/mol. The minimum absolute atomic E-state index is 0.0692. The van der Waals surface area contributed by atoms with Crippen LogP contribution in [-0.2, 0) is 0 Å². The minimum atomic E-state index is -0.0692.